The second-order valence-corrected chi connectivity index (χ2v) is 6.79. The first-order valence-corrected chi connectivity index (χ1v) is 9.28. The Balaban J connectivity index is 1.69. The molecule has 0 radical (unpaired) electrons. The summed E-state index contributed by atoms with van der Waals surface area (Å²) in [6.07, 6.45) is 0.893. The van der Waals surface area contributed by atoms with Gasteiger partial charge in [-0.15, -0.1) is 0 Å². The number of aryl methyl sites for hydroxylation is 1. The van der Waals surface area contributed by atoms with Gasteiger partial charge >= 0.3 is 0 Å². The van der Waals surface area contributed by atoms with Crippen molar-refractivity contribution in [2.24, 2.45) is 0 Å². The van der Waals surface area contributed by atoms with E-state index in [0.29, 0.717) is 11.6 Å². The molecule has 1 unspecified atom stereocenters. The molecule has 1 aliphatic heterocycles. The number of anilines is 2. The molecule has 3 rings (SSSR count). The van der Waals surface area contributed by atoms with E-state index in [1.165, 1.54) is 5.69 Å². The largest absolute Gasteiger partial charge is 0.368 e. The van der Waals surface area contributed by atoms with Crippen LogP contribution in [-0.2, 0) is 0 Å². The van der Waals surface area contributed by atoms with E-state index in [-0.39, 0.29) is 11.9 Å². The fraction of sp³-hybridized carbons (Fsp3) is 0.450. The second-order valence-electron chi connectivity index (χ2n) is 6.79. The number of carbonyl (C=O) groups excluding carboxylic acids is 1. The van der Waals surface area contributed by atoms with Crippen molar-refractivity contribution in [3.63, 3.8) is 0 Å². The van der Waals surface area contributed by atoms with Crippen LogP contribution in [0.4, 0.5) is 11.6 Å². The Bertz CT molecular complexity index is 741. The van der Waals surface area contributed by atoms with E-state index in [1.54, 1.807) is 6.07 Å². The predicted molar refractivity (Wildman–Crippen MR) is 105 cm³/mol. The summed E-state index contributed by atoms with van der Waals surface area (Å²) in [4.78, 5) is 26.0. The highest BCUT2D eigenvalue weighted by Gasteiger charge is 2.21. The summed E-state index contributed by atoms with van der Waals surface area (Å²) in [5.74, 6) is 0.515. The number of amides is 1. The lowest BCUT2D eigenvalue weighted by atomic mass is 10.2. The lowest BCUT2D eigenvalue weighted by Gasteiger charge is -2.36. The van der Waals surface area contributed by atoms with E-state index in [9.17, 15) is 4.79 Å². The van der Waals surface area contributed by atoms with Gasteiger partial charge in [0.2, 0.25) is 5.95 Å². The number of carbonyl (C=O) groups is 1. The second kappa shape index (κ2) is 8.17. The monoisotopic (exact) mass is 353 g/mol. The van der Waals surface area contributed by atoms with Crippen molar-refractivity contribution in [2.45, 2.75) is 33.2 Å². The van der Waals surface area contributed by atoms with Gasteiger partial charge in [0, 0.05) is 43.6 Å². The number of aromatic nitrogens is 2. The Labute approximate surface area is 155 Å². The number of rotatable bonds is 5. The Morgan fingerprint density at radius 3 is 2.42 bits per heavy atom. The number of para-hydroxylation sites is 1. The molecule has 138 valence electrons. The van der Waals surface area contributed by atoms with E-state index in [0.717, 1.165) is 38.3 Å². The molecule has 0 bridgehead atoms. The quantitative estimate of drug-likeness (QED) is 0.895. The summed E-state index contributed by atoms with van der Waals surface area (Å²) in [5.41, 5.74) is 2.50. The molecule has 0 spiro atoms. The fourth-order valence-electron chi connectivity index (χ4n) is 3.01. The van der Waals surface area contributed by atoms with Gasteiger partial charge in [-0.1, -0.05) is 25.1 Å². The van der Waals surface area contributed by atoms with Crippen molar-refractivity contribution >= 4 is 17.5 Å². The zero-order valence-corrected chi connectivity index (χ0v) is 15.8. The van der Waals surface area contributed by atoms with E-state index >= 15 is 0 Å². The standard InChI is InChI=1S/C20H27N5O/c1-4-15(2)21-19(26)18-14-16(3)22-20(23-18)25-12-10-24(11-13-25)17-8-6-5-7-9-17/h5-9,14-15H,4,10-13H2,1-3H3,(H,21,26). The molecule has 1 fully saturated rings. The minimum atomic E-state index is -0.131. The summed E-state index contributed by atoms with van der Waals surface area (Å²) < 4.78 is 0. The van der Waals surface area contributed by atoms with Gasteiger partial charge in [-0.2, -0.15) is 0 Å². The van der Waals surface area contributed by atoms with Crippen LogP contribution in [0.5, 0.6) is 0 Å². The smallest absolute Gasteiger partial charge is 0.270 e. The fourth-order valence-corrected chi connectivity index (χ4v) is 3.01. The molecule has 6 heteroatoms. The van der Waals surface area contributed by atoms with Gasteiger partial charge in [-0.25, -0.2) is 9.97 Å². The van der Waals surface area contributed by atoms with Crippen molar-refractivity contribution in [1.82, 2.24) is 15.3 Å². The molecule has 1 aromatic heterocycles. The third kappa shape index (κ3) is 4.31. The highest BCUT2D eigenvalue weighted by Crippen LogP contribution is 2.18. The lowest BCUT2D eigenvalue weighted by Crippen LogP contribution is -2.47. The van der Waals surface area contributed by atoms with Crippen molar-refractivity contribution in [2.75, 3.05) is 36.0 Å². The van der Waals surface area contributed by atoms with E-state index in [2.05, 4.69) is 49.4 Å². The molecule has 26 heavy (non-hydrogen) atoms. The predicted octanol–water partition coefficient (Wildman–Crippen LogP) is 2.64. The SMILES string of the molecule is CCC(C)NC(=O)c1cc(C)nc(N2CCN(c3ccccc3)CC2)n1. The summed E-state index contributed by atoms with van der Waals surface area (Å²) in [6, 6.07) is 12.3. The van der Waals surface area contributed by atoms with Crippen LogP contribution in [-0.4, -0.2) is 48.1 Å². The summed E-state index contributed by atoms with van der Waals surface area (Å²) in [7, 11) is 0. The van der Waals surface area contributed by atoms with Crippen molar-refractivity contribution in [1.29, 1.82) is 0 Å². The molecule has 2 heterocycles. The molecule has 1 N–H and O–H groups in total. The molecule has 6 nitrogen and oxygen atoms in total. The number of piperazine rings is 1. The molecule has 1 atom stereocenters. The Morgan fingerprint density at radius 2 is 1.77 bits per heavy atom. The van der Waals surface area contributed by atoms with Crippen LogP contribution < -0.4 is 15.1 Å². The number of hydrogen-bond donors (Lipinski definition) is 1. The average Bonchev–Trinajstić information content (AvgIpc) is 2.68. The first-order valence-electron chi connectivity index (χ1n) is 9.28. The van der Waals surface area contributed by atoms with Gasteiger partial charge in [0.15, 0.2) is 0 Å². The van der Waals surface area contributed by atoms with Crippen LogP contribution in [0.25, 0.3) is 0 Å². The third-order valence-electron chi connectivity index (χ3n) is 4.75. The van der Waals surface area contributed by atoms with Gasteiger partial charge in [-0.3, -0.25) is 4.79 Å². The number of hydrogen-bond acceptors (Lipinski definition) is 5. The summed E-state index contributed by atoms with van der Waals surface area (Å²) in [5, 5.41) is 2.98. The molecular weight excluding hydrogens is 326 g/mol. The van der Waals surface area contributed by atoms with Crippen LogP contribution in [0.3, 0.4) is 0 Å². The van der Waals surface area contributed by atoms with E-state index in [1.807, 2.05) is 26.8 Å². The summed E-state index contributed by atoms with van der Waals surface area (Å²) >= 11 is 0. The first-order chi connectivity index (χ1) is 12.6. The maximum Gasteiger partial charge on any atom is 0.270 e. The van der Waals surface area contributed by atoms with Crippen LogP contribution in [0.1, 0.15) is 36.5 Å². The minimum Gasteiger partial charge on any atom is -0.368 e. The average molecular weight is 353 g/mol. The molecule has 1 amide bonds. The van der Waals surface area contributed by atoms with E-state index < -0.39 is 0 Å². The van der Waals surface area contributed by atoms with E-state index in [4.69, 9.17) is 0 Å². The maximum atomic E-state index is 12.4. The lowest BCUT2D eigenvalue weighted by molar-refractivity contribution is 0.0934. The van der Waals surface area contributed by atoms with Gasteiger partial charge < -0.3 is 15.1 Å². The van der Waals surface area contributed by atoms with Gasteiger partial charge in [0.1, 0.15) is 5.69 Å². The molecule has 2 aromatic rings. The Morgan fingerprint density at radius 1 is 1.12 bits per heavy atom. The third-order valence-corrected chi connectivity index (χ3v) is 4.75. The van der Waals surface area contributed by atoms with Gasteiger partial charge in [0.05, 0.1) is 0 Å². The maximum absolute atomic E-state index is 12.4. The Kier molecular flexibility index (Phi) is 5.71. The molecule has 1 aliphatic rings. The number of nitrogens with one attached hydrogen (secondary N) is 1. The van der Waals surface area contributed by atoms with Crippen LogP contribution in [0, 0.1) is 6.92 Å². The molecule has 1 aromatic carbocycles. The zero-order chi connectivity index (χ0) is 18.5. The van der Waals surface area contributed by atoms with Crippen LogP contribution in [0.2, 0.25) is 0 Å². The number of nitrogens with zero attached hydrogens (tertiary/aromatic N) is 4. The normalized spacial score (nSPS) is 15.7. The first kappa shape index (κ1) is 18.2. The molecule has 0 aliphatic carbocycles. The molecule has 1 saturated heterocycles. The highest BCUT2D eigenvalue weighted by atomic mass is 16.1. The molecular formula is C20H27N5O. The van der Waals surface area contributed by atoms with Gasteiger partial charge in [-0.05, 0) is 38.5 Å². The van der Waals surface area contributed by atoms with Crippen LogP contribution in [0.15, 0.2) is 36.4 Å². The Hall–Kier alpha value is -2.63. The molecule has 0 saturated carbocycles. The topological polar surface area (TPSA) is 61.4 Å². The van der Waals surface area contributed by atoms with Crippen molar-refractivity contribution in [3.05, 3.63) is 47.8 Å². The zero-order valence-electron chi connectivity index (χ0n) is 15.8. The summed E-state index contributed by atoms with van der Waals surface area (Å²) in [6.45, 7) is 9.45. The van der Waals surface area contributed by atoms with Gasteiger partial charge in [0.25, 0.3) is 5.91 Å². The minimum absolute atomic E-state index is 0.131. The highest BCUT2D eigenvalue weighted by molar-refractivity contribution is 5.92. The number of benzene rings is 1. The van der Waals surface area contributed by atoms with Crippen LogP contribution >= 0.6 is 0 Å². The van der Waals surface area contributed by atoms with Crippen molar-refractivity contribution < 1.29 is 4.79 Å². The van der Waals surface area contributed by atoms with Crippen molar-refractivity contribution in [3.8, 4) is 0 Å².